The van der Waals surface area contributed by atoms with E-state index in [0.717, 1.165) is 36.4 Å². The summed E-state index contributed by atoms with van der Waals surface area (Å²) < 4.78 is 5.03. The Morgan fingerprint density at radius 2 is 1.90 bits per heavy atom. The second-order valence-corrected chi connectivity index (χ2v) is 8.92. The zero-order chi connectivity index (χ0) is 21.5. The van der Waals surface area contributed by atoms with E-state index >= 15 is 0 Å². The van der Waals surface area contributed by atoms with Crippen LogP contribution in [0.2, 0.25) is 0 Å². The molecule has 0 atom stereocenters. The van der Waals surface area contributed by atoms with Gasteiger partial charge in [0, 0.05) is 17.1 Å². The summed E-state index contributed by atoms with van der Waals surface area (Å²) in [6, 6.07) is 8.08. The average molecular weight is 430 g/mol. The summed E-state index contributed by atoms with van der Waals surface area (Å²) in [6.07, 6.45) is 5.46. The number of benzene rings is 1. The summed E-state index contributed by atoms with van der Waals surface area (Å²) in [4.78, 5) is 31.4. The lowest BCUT2D eigenvalue weighted by molar-refractivity contribution is 0.0520. The lowest BCUT2D eigenvalue weighted by Crippen LogP contribution is -2.43. The van der Waals surface area contributed by atoms with Crippen LogP contribution in [0.3, 0.4) is 0 Å². The van der Waals surface area contributed by atoms with Gasteiger partial charge in [0.1, 0.15) is 5.01 Å². The van der Waals surface area contributed by atoms with E-state index < -0.39 is 5.97 Å². The zero-order valence-electron chi connectivity index (χ0n) is 18.0. The number of nitrogens with zero attached hydrogens (tertiary/aromatic N) is 2. The minimum atomic E-state index is -0.418. The van der Waals surface area contributed by atoms with Gasteiger partial charge in [-0.2, -0.15) is 0 Å². The Bertz CT molecular complexity index is 842. The van der Waals surface area contributed by atoms with Crippen LogP contribution in [-0.2, 0) is 11.3 Å². The molecule has 1 aromatic heterocycles. The van der Waals surface area contributed by atoms with E-state index in [9.17, 15) is 9.59 Å². The van der Waals surface area contributed by atoms with Crippen molar-refractivity contribution in [2.45, 2.75) is 71.4 Å². The van der Waals surface area contributed by atoms with Crippen LogP contribution in [0.5, 0.6) is 0 Å². The molecule has 1 aromatic carbocycles. The van der Waals surface area contributed by atoms with Gasteiger partial charge in [-0.15, -0.1) is 11.3 Å². The fourth-order valence-electron chi connectivity index (χ4n) is 3.73. The second-order valence-electron chi connectivity index (χ2n) is 7.97. The number of aromatic nitrogens is 1. The van der Waals surface area contributed by atoms with Crippen LogP contribution in [0.15, 0.2) is 29.6 Å². The van der Waals surface area contributed by atoms with Crippen molar-refractivity contribution in [1.82, 2.24) is 9.88 Å². The number of amides is 2. The third-order valence-corrected chi connectivity index (χ3v) is 6.28. The van der Waals surface area contributed by atoms with Crippen LogP contribution >= 0.6 is 11.3 Å². The molecule has 1 aliphatic rings. The first-order chi connectivity index (χ1) is 14.5. The quantitative estimate of drug-likeness (QED) is 0.564. The molecule has 2 aromatic rings. The SMILES string of the molecule is CCOC(=O)c1csc(CN(C(=O)Nc2ccc(C(C)C)cc2)C2CCCCC2)n1. The standard InChI is InChI=1S/C23H31N3O3S/c1-4-29-22(27)20-15-30-21(25-20)14-26(19-8-6-5-7-9-19)23(28)24-18-12-10-17(11-13-18)16(2)3/h10-13,15-16,19H,4-9,14H2,1-3H3,(H,24,28). The van der Waals surface area contributed by atoms with Crippen molar-refractivity contribution in [3.05, 3.63) is 45.9 Å². The van der Waals surface area contributed by atoms with Crippen LogP contribution in [0, 0.1) is 0 Å². The molecular formula is C23H31N3O3S. The molecule has 2 amide bonds. The summed E-state index contributed by atoms with van der Waals surface area (Å²) in [6.45, 7) is 6.78. The first kappa shape index (κ1) is 22.3. The largest absolute Gasteiger partial charge is 0.461 e. The molecule has 1 saturated carbocycles. The number of hydrogen-bond donors (Lipinski definition) is 1. The Morgan fingerprint density at radius 1 is 1.20 bits per heavy atom. The highest BCUT2D eigenvalue weighted by Gasteiger charge is 2.27. The molecule has 1 aliphatic carbocycles. The van der Waals surface area contributed by atoms with E-state index in [1.54, 1.807) is 12.3 Å². The number of anilines is 1. The third-order valence-electron chi connectivity index (χ3n) is 5.45. The fraction of sp³-hybridized carbons (Fsp3) is 0.522. The molecule has 0 radical (unpaired) electrons. The van der Waals surface area contributed by atoms with Crippen LogP contribution in [-0.4, -0.2) is 34.5 Å². The van der Waals surface area contributed by atoms with Gasteiger partial charge >= 0.3 is 12.0 Å². The molecule has 3 rings (SSSR count). The first-order valence-electron chi connectivity index (χ1n) is 10.8. The van der Waals surface area contributed by atoms with E-state index in [1.165, 1.54) is 23.3 Å². The lowest BCUT2D eigenvalue weighted by atomic mass is 9.94. The van der Waals surface area contributed by atoms with E-state index in [4.69, 9.17) is 4.74 Å². The molecule has 7 heteroatoms. The van der Waals surface area contributed by atoms with Gasteiger partial charge in [0.05, 0.1) is 13.2 Å². The molecule has 0 unspecified atom stereocenters. The van der Waals surface area contributed by atoms with Crippen molar-refractivity contribution in [3.63, 3.8) is 0 Å². The summed E-state index contributed by atoms with van der Waals surface area (Å²) in [5.74, 6) is 0.0332. The predicted octanol–water partition coefficient (Wildman–Crippen LogP) is 5.81. The number of urea groups is 1. The molecular weight excluding hydrogens is 398 g/mol. The summed E-state index contributed by atoms with van der Waals surface area (Å²) in [5.41, 5.74) is 2.34. The Hall–Kier alpha value is -2.41. The van der Waals surface area contributed by atoms with Crippen LogP contribution in [0.1, 0.15) is 79.9 Å². The zero-order valence-corrected chi connectivity index (χ0v) is 18.8. The first-order valence-corrected chi connectivity index (χ1v) is 11.6. The minimum absolute atomic E-state index is 0.118. The Kier molecular flexibility index (Phi) is 7.85. The smallest absolute Gasteiger partial charge is 0.357 e. The van der Waals surface area contributed by atoms with Gasteiger partial charge in [-0.3, -0.25) is 0 Å². The molecule has 30 heavy (non-hydrogen) atoms. The van der Waals surface area contributed by atoms with Crippen molar-refractivity contribution in [3.8, 4) is 0 Å². The Labute approximate surface area is 182 Å². The fourth-order valence-corrected chi connectivity index (χ4v) is 4.50. The summed E-state index contributed by atoms with van der Waals surface area (Å²) >= 11 is 1.39. The molecule has 162 valence electrons. The maximum atomic E-state index is 13.2. The number of ether oxygens (including phenoxy) is 1. The van der Waals surface area contributed by atoms with Crippen molar-refractivity contribution >= 4 is 29.0 Å². The maximum absolute atomic E-state index is 13.2. The minimum Gasteiger partial charge on any atom is -0.461 e. The van der Waals surface area contributed by atoms with Crippen molar-refractivity contribution < 1.29 is 14.3 Å². The molecule has 0 saturated heterocycles. The number of nitrogens with one attached hydrogen (secondary N) is 1. The van der Waals surface area contributed by atoms with E-state index in [2.05, 4.69) is 36.3 Å². The molecule has 1 fully saturated rings. The van der Waals surface area contributed by atoms with Crippen molar-refractivity contribution in [1.29, 1.82) is 0 Å². The van der Waals surface area contributed by atoms with Crippen molar-refractivity contribution in [2.75, 3.05) is 11.9 Å². The average Bonchev–Trinajstić information content (AvgIpc) is 3.22. The van der Waals surface area contributed by atoms with Gasteiger partial charge in [-0.25, -0.2) is 14.6 Å². The number of hydrogen-bond acceptors (Lipinski definition) is 5. The highest BCUT2D eigenvalue weighted by Crippen LogP contribution is 2.26. The number of carbonyl (C=O) groups excluding carboxylic acids is 2. The third kappa shape index (κ3) is 5.81. The highest BCUT2D eigenvalue weighted by molar-refractivity contribution is 7.09. The highest BCUT2D eigenvalue weighted by atomic mass is 32.1. The van der Waals surface area contributed by atoms with Gasteiger partial charge in [0.2, 0.25) is 0 Å². The van der Waals surface area contributed by atoms with Gasteiger partial charge < -0.3 is 15.0 Å². The topological polar surface area (TPSA) is 71.5 Å². The summed E-state index contributed by atoms with van der Waals surface area (Å²) in [7, 11) is 0. The van der Waals surface area contributed by atoms with Crippen LogP contribution < -0.4 is 5.32 Å². The van der Waals surface area contributed by atoms with E-state index in [-0.39, 0.29) is 12.1 Å². The van der Waals surface area contributed by atoms with Crippen LogP contribution in [0.25, 0.3) is 0 Å². The Balaban J connectivity index is 1.73. The molecule has 0 spiro atoms. The monoisotopic (exact) mass is 429 g/mol. The number of carbonyl (C=O) groups is 2. The van der Waals surface area contributed by atoms with Gasteiger partial charge in [-0.05, 0) is 43.4 Å². The number of thiazole rings is 1. The van der Waals surface area contributed by atoms with Gasteiger partial charge in [-0.1, -0.05) is 45.2 Å². The molecule has 1 heterocycles. The van der Waals surface area contributed by atoms with Crippen molar-refractivity contribution in [2.24, 2.45) is 0 Å². The van der Waals surface area contributed by atoms with Crippen LogP contribution in [0.4, 0.5) is 10.5 Å². The second kappa shape index (κ2) is 10.6. The molecule has 0 aliphatic heterocycles. The Morgan fingerprint density at radius 3 is 2.53 bits per heavy atom. The van der Waals surface area contributed by atoms with Gasteiger partial charge in [0.25, 0.3) is 0 Å². The maximum Gasteiger partial charge on any atom is 0.357 e. The number of esters is 1. The predicted molar refractivity (Wildman–Crippen MR) is 120 cm³/mol. The van der Waals surface area contributed by atoms with E-state index in [1.807, 2.05) is 17.0 Å². The molecule has 0 bridgehead atoms. The van der Waals surface area contributed by atoms with Gasteiger partial charge in [0.15, 0.2) is 5.69 Å². The lowest BCUT2D eigenvalue weighted by Gasteiger charge is -2.34. The normalized spacial score (nSPS) is 14.5. The van der Waals surface area contributed by atoms with E-state index in [0.29, 0.717) is 24.8 Å². The number of rotatable bonds is 7. The summed E-state index contributed by atoms with van der Waals surface area (Å²) in [5, 5.41) is 5.50. The molecule has 1 N–H and O–H groups in total. The molecule has 6 nitrogen and oxygen atoms in total.